The molecule has 0 saturated heterocycles. The normalized spacial score (nSPS) is 15.0. The molecule has 0 unspecified atom stereocenters. The summed E-state index contributed by atoms with van der Waals surface area (Å²) < 4.78 is 10.8. The summed E-state index contributed by atoms with van der Waals surface area (Å²) in [5, 5.41) is 6.63. The van der Waals surface area contributed by atoms with Gasteiger partial charge in [-0.25, -0.2) is 0 Å². The summed E-state index contributed by atoms with van der Waals surface area (Å²) >= 11 is 0. The number of hydrogen-bond donors (Lipinski definition) is 2. The van der Waals surface area contributed by atoms with Crippen LogP contribution in [0.15, 0.2) is 41.4 Å². The fraction of sp³-hybridized carbons (Fsp3) is 0.438. The smallest absolute Gasteiger partial charge is 0.191 e. The molecule has 0 spiro atoms. The Morgan fingerprint density at radius 1 is 1.19 bits per heavy atom. The topological polar surface area (TPSA) is 54.9 Å². The van der Waals surface area contributed by atoms with E-state index in [4.69, 9.17) is 9.47 Å². The van der Waals surface area contributed by atoms with Crippen LogP contribution in [0.1, 0.15) is 12.8 Å². The fourth-order valence-corrected chi connectivity index (χ4v) is 2.13. The first-order valence-electron chi connectivity index (χ1n) is 7.21. The van der Waals surface area contributed by atoms with Gasteiger partial charge in [-0.15, -0.1) is 0 Å². The molecule has 2 N–H and O–H groups in total. The molecule has 5 heteroatoms. The van der Waals surface area contributed by atoms with E-state index in [-0.39, 0.29) is 0 Å². The van der Waals surface area contributed by atoms with Gasteiger partial charge in [0.1, 0.15) is 18.1 Å². The number of nitrogens with one attached hydrogen (secondary N) is 2. The predicted octanol–water partition coefficient (Wildman–Crippen LogP) is 1.96. The summed E-state index contributed by atoms with van der Waals surface area (Å²) in [6.45, 7) is 1.28. The third-order valence-electron chi connectivity index (χ3n) is 3.29. The van der Waals surface area contributed by atoms with Gasteiger partial charge in [-0.05, 0) is 37.1 Å². The summed E-state index contributed by atoms with van der Waals surface area (Å²) in [6, 6.07) is 8.03. The molecule has 0 bridgehead atoms. The summed E-state index contributed by atoms with van der Waals surface area (Å²) in [5.74, 6) is 2.48. The minimum Gasteiger partial charge on any atom is -0.497 e. The monoisotopic (exact) mass is 289 g/mol. The Hall–Kier alpha value is -2.17. The van der Waals surface area contributed by atoms with Crippen molar-refractivity contribution < 1.29 is 9.47 Å². The molecule has 0 saturated carbocycles. The standard InChI is InChI=1S/C16H23N3O2/c1-17-16(19-13-5-3-4-6-13)18-11-12-21-15-9-7-14(20-2)8-10-15/h3-4,7-10,13H,5-6,11-12H2,1-2H3,(H2,17,18,19). The zero-order valence-electron chi connectivity index (χ0n) is 12.6. The first-order valence-corrected chi connectivity index (χ1v) is 7.21. The van der Waals surface area contributed by atoms with Crippen molar-refractivity contribution in [3.63, 3.8) is 0 Å². The van der Waals surface area contributed by atoms with Crippen LogP contribution < -0.4 is 20.1 Å². The quantitative estimate of drug-likeness (QED) is 0.364. The Labute approximate surface area is 126 Å². The highest BCUT2D eigenvalue weighted by Gasteiger charge is 2.11. The maximum atomic E-state index is 5.66. The number of aliphatic imine (C=N–C) groups is 1. The Bertz CT molecular complexity index is 475. The van der Waals surface area contributed by atoms with E-state index in [9.17, 15) is 0 Å². The highest BCUT2D eigenvalue weighted by atomic mass is 16.5. The molecule has 1 aliphatic rings. The van der Waals surface area contributed by atoms with Gasteiger partial charge in [0, 0.05) is 13.1 Å². The Balaban J connectivity index is 1.65. The van der Waals surface area contributed by atoms with E-state index >= 15 is 0 Å². The summed E-state index contributed by atoms with van der Waals surface area (Å²) in [5.41, 5.74) is 0. The van der Waals surface area contributed by atoms with Gasteiger partial charge in [0.25, 0.3) is 0 Å². The number of ether oxygens (including phenoxy) is 2. The average Bonchev–Trinajstić information content (AvgIpc) is 3.04. The molecule has 0 amide bonds. The summed E-state index contributed by atoms with van der Waals surface area (Å²) in [7, 11) is 3.43. The van der Waals surface area contributed by atoms with E-state index in [0.29, 0.717) is 19.2 Å². The molecular formula is C16H23N3O2. The molecule has 21 heavy (non-hydrogen) atoms. The first-order chi connectivity index (χ1) is 10.3. The van der Waals surface area contributed by atoms with E-state index in [2.05, 4.69) is 27.8 Å². The van der Waals surface area contributed by atoms with Gasteiger partial charge < -0.3 is 20.1 Å². The first kappa shape index (κ1) is 15.2. The van der Waals surface area contributed by atoms with Crippen molar-refractivity contribution in [1.82, 2.24) is 10.6 Å². The van der Waals surface area contributed by atoms with Gasteiger partial charge in [0.2, 0.25) is 0 Å². The second kappa shape index (κ2) is 8.19. The molecule has 1 aliphatic carbocycles. The van der Waals surface area contributed by atoms with E-state index in [0.717, 1.165) is 30.3 Å². The molecule has 5 nitrogen and oxygen atoms in total. The van der Waals surface area contributed by atoms with E-state index in [1.54, 1.807) is 14.2 Å². The van der Waals surface area contributed by atoms with Gasteiger partial charge in [-0.2, -0.15) is 0 Å². The van der Waals surface area contributed by atoms with Gasteiger partial charge in [0.15, 0.2) is 5.96 Å². The molecule has 0 heterocycles. The summed E-state index contributed by atoms with van der Waals surface area (Å²) in [6.07, 6.45) is 6.50. The average molecular weight is 289 g/mol. The van der Waals surface area contributed by atoms with Crippen LogP contribution in [0.5, 0.6) is 11.5 Å². The molecule has 0 fully saturated rings. The van der Waals surface area contributed by atoms with Gasteiger partial charge >= 0.3 is 0 Å². The van der Waals surface area contributed by atoms with Crippen molar-refractivity contribution in [1.29, 1.82) is 0 Å². The lowest BCUT2D eigenvalue weighted by atomic mass is 10.2. The van der Waals surface area contributed by atoms with Crippen molar-refractivity contribution in [2.45, 2.75) is 18.9 Å². The molecular weight excluding hydrogens is 266 g/mol. The number of hydrogen-bond acceptors (Lipinski definition) is 3. The zero-order valence-corrected chi connectivity index (χ0v) is 12.6. The van der Waals surface area contributed by atoms with Crippen LogP contribution in [0, 0.1) is 0 Å². The van der Waals surface area contributed by atoms with Crippen molar-refractivity contribution in [2.24, 2.45) is 4.99 Å². The van der Waals surface area contributed by atoms with Crippen LogP contribution in [0.2, 0.25) is 0 Å². The van der Waals surface area contributed by atoms with Crippen molar-refractivity contribution >= 4 is 5.96 Å². The van der Waals surface area contributed by atoms with E-state index < -0.39 is 0 Å². The van der Waals surface area contributed by atoms with Crippen LogP contribution in [0.4, 0.5) is 0 Å². The number of benzene rings is 1. The fourth-order valence-electron chi connectivity index (χ4n) is 2.13. The van der Waals surface area contributed by atoms with Crippen LogP contribution in [0.25, 0.3) is 0 Å². The maximum absolute atomic E-state index is 5.66. The number of rotatable bonds is 6. The SMILES string of the molecule is CN=C(NCCOc1ccc(OC)cc1)NC1CC=CC1. The Morgan fingerprint density at radius 2 is 1.86 bits per heavy atom. The summed E-state index contributed by atoms with van der Waals surface area (Å²) in [4.78, 5) is 4.21. The second-order valence-corrected chi connectivity index (χ2v) is 4.81. The Kier molecular flexibility index (Phi) is 5.94. The van der Waals surface area contributed by atoms with Crippen molar-refractivity contribution in [3.05, 3.63) is 36.4 Å². The maximum Gasteiger partial charge on any atom is 0.191 e. The number of guanidine groups is 1. The van der Waals surface area contributed by atoms with Crippen LogP contribution in [-0.4, -0.2) is 39.3 Å². The minimum absolute atomic E-state index is 0.457. The van der Waals surface area contributed by atoms with Gasteiger partial charge in [-0.3, -0.25) is 4.99 Å². The molecule has 0 radical (unpaired) electrons. The van der Waals surface area contributed by atoms with Crippen LogP contribution in [0.3, 0.4) is 0 Å². The predicted molar refractivity (Wildman–Crippen MR) is 85.1 cm³/mol. The highest BCUT2D eigenvalue weighted by Crippen LogP contribution is 2.16. The lowest BCUT2D eigenvalue weighted by Gasteiger charge is -2.17. The molecule has 0 aromatic heterocycles. The van der Waals surface area contributed by atoms with E-state index in [1.165, 1.54) is 0 Å². The molecule has 0 aliphatic heterocycles. The van der Waals surface area contributed by atoms with Crippen molar-refractivity contribution in [2.75, 3.05) is 27.3 Å². The molecule has 1 aromatic carbocycles. The van der Waals surface area contributed by atoms with Crippen molar-refractivity contribution in [3.8, 4) is 11.5 Å². The molecule has 2 rings (SSSR count). The lowest BCUT2D eigenvalue weighted by molar-refractivity contribution is 0.321. The number of nitrogens with zero attached hydrogens (tertiary/aromatic N) is 1. The zero-order chi connectivity index (χ0) is 14.9. The third kappa shape index (κ3) is 5.02. The number of methoxy groups -OCH3 is 1. The lowest BCUT2D eigenvalue weighted by Crippen LogP contribution is -2.43. The molecule has 1 aromatic rings. The van der Waals surface area contributed by atoms with Crippen LogP contribution in [-0.2, 0) is 0 Å². The van der Waals surface area contributed by atoms with E-state index in [1.807, 2.05) is 24.3 Å². The minimum atomic E-state index is 0.457. The molecule has 114 valence electrons. The van der Waals surface area contributed by atoms with Gasteiger partial charge in [-0.1, -0.05) is 12.2 Å². The van der Waals surface area contributed by atoms with Gasteiger partial charge in [0.05, 0.1) is 13.7 Å². The third-order valence-corrected chi connectivity index (χ3v) is 3.29. The highest BCUT2D eigenvalue weighted by molar-refractivity contribution is 5.80. The second-order valence-electron chi connectivity index (χ2n) is 4.81. The van der Waals surface area contributed by atoms with Crippen LogP contribution >= 0.6 is 0 Å². The largest absolute Gasteiger partial charge is 0.497 e. The molecule has 0 atom stereocenters. The Morgan fingerprint density at radius 3 is 2.48 bits per heavy atom.